The highest BCUT2D eigenvalue weighted by atomic mass is 35.5. The van der Waals surface area contributed by atoms with Crippen LogP contribution in [-0.4, -0.2) is 52.4 Å². The van der Waals surface area contributed by atoms with E-state index in [1.165, 1.54) is 4.90 Å². The first-order chi connectivity index (χ1) is 11.0. The molecular formula is C15H18Cl4N2O2. The van der Waals surface area contributed by atoms with Gasteiger partial charge in [0.05, 0.1) is 0 Å². The second kappa shape index (κ2) is 11.0. The van der Waals surface area contributed by atoms with E-state index in [1.807, 2.05) is 30.3 Å². The second-order valence-corrected chi connectivity index (χ2v) is 6.61. The van der Waals surface area contributed by atoms with Crippen LogP contribution in [0, 0.1) is 0 Å². The van der Waals surface area contributed by atoms with E-state index in [4.69, 9.17) is 46.4 Å². The Morgan fingerprint density at radius 2 is 1.61 bits per heavy atom. The van der Waals surface area contributed by atoms with Crippen LogP contribution in [0.2, 0.25) is 0 Å². The first-order valence-electron chi connectivity index (χ1n) is 7.02. The molecule has 0 fully saturated rings. The van der Waals surface area contributed by atoms with Crippen molar-refractivity contribution in [2.75, 3.05) is 24.8 Å². The Kier molecular flexibility index (Phi) is 9.72. The molecule has 128 valence electrons. The van der Waals surface area contributed by atoms with Crippen LogP contribution in [0.15, 0.2) is 30.3 Å². The van der Waals surface area contributed by atoms with Crippen molar-refractivity contribution < 1.29 is 9.59 Å². The zero-order valence-corrected chi connectivity index (χ0v) is 15.4. The van der Waals surface area contributed by atoms with Gasteiger partial charge in [0.25, 0.3) is 5.91 Å². The molecule has 0 aliphatic heterocycles. The lowest BCUT2D eigenvalue weighted by Gasteiger charge is -2.27. The van der Waals surface area contributed by atoms with Crippen LogP contribution in [0.3, 0.4) is 0 Å². The third kappa shape index (κ3) is 7.17. The molecule has 0 bridgehead atoms. The van der Waals surface area contributed by atoms with Gasteiger partial charge in [-0.15, -0.1) is 23.2 Å². The number of benzene rings is 1. The lowest BCUT2D eigenvalue weighted by molar-refractivity contribution is -0.135. The Hall–Kier alpha value is -0.680. The Morgan fingerprint density at radius 3 is 2.09 bits per heavy atom. The van der Waals surface area contributed by atoms with Crippen LogP contribution < -0.4 is 5.32 Å². The van der Waals surface area contributed by atoms with E-state index in [2.05, 4.69) is 5.32 Å². The fourth-order valence-corrected chi connectivity index (χ4v) is 2.58. The van der Waals surface area contributed by atoms with E-state index in [9.17, 15) is 9.59 Å². The van der Waals surface area contributed by atoms with Crippen molar-refractivity contribution in [3.8, 4) is 0 Å². The molecule has 0 saturated heterocycles. The molecule has 1 aromatic rings. The van der Waals surface area contributed by atoms with Crippen molar-refractivity contribution in [3.63, 3.8) is 0 Å². The number of hydrogen-bond acceptors (Lipinski definition) is 2. The molecule has 0 saturated carbocycles. The maximum absolute atomic E-state index is 12.7. The molecule has 1 aromatic carbocycles. The number of nitrogens with one attached hydrogen (secondary N) is 1. The van der Waals surface area contributed by atoms with Crippen LogP contribution in [0.5, 0.6) is 0 Å². The standard InChI is InChI=1S/C15H18Cl4N2O2/c16-6-8-21(9-7-17)15(23)12(20-14(22)13(18)19)10-11-4-2-1-3-5-11/h1-5,12-13H,6-10H2,(H,20,22)/t12-/m1/s1. The van der Waals surface area contributed by atoms with Gasteiger partial charge in [-0.05, 0) is 5.56 Å². The van der Waals surface area contributed by atoms with Crippen molar-refractivity contribution in [2.24, 2.45) is 0 Å². The highest BCUT2D eigenvalue weighted by molar-refractivity contribution is 6.53. The quantitative estimate of drug-likeness (QED) is 0.649. The number of amides is 2. The highest BCUT2D eigenvalue weighted by Gasteiger charge is 2.27. The molecule has 0 radical (unpaired) electrons. The van der Waals surface area contributed by atoms with Crippen molar-refractivity contribution in [1.29, 1.82) is 0 Å². The summed E-state index contributed by atoms with van der Waals surface area (Å²) in [7, 11) is 0. The van der Waals surface area contributed by atoms with Crippen LogP contribution >= 0.6 is 46.4 Å². The molecule has 4 nitrogen and oxygen atoms in total. The van der Waals surface area contributed by atoms with Gasteiger partial charge in [-0.25, -0.2) is 0 Å². The van der Waals surface area contributed by atoms with Gasteiger partial charge in [-0.1, -0.05) is 53.5 Å². The van der Waals surface area contributed by atoms with Gasteiger partial charge in [0, 0.05) is 31.3 Å². The maximum atomic E-state index is 12.7. The number of rotatable bonds is 9. The van der Waals surface area contributed by atoms with Crippen molar-refractivity contribution >= 4 is 58.2 Å². The molecule has 8 heteroatoms. The molecule has 0 aliphatic carbocycles. The summed E-state index contributed by atoms with van der Waals surface area (Å²) in [4.78, 5) is 24.8. The first-order valence-corrected chi connectivity index (χ1v) is 8.97. The van der Waals surface area contributed by atoms with Crippen LogP contribution in [0.4, 0.5) is 0 Å². The zero-order chi connectivity index (χ0) is 17.2. The predicted octanol–water partition coefficient (Wildman–Crippen LogP) is 2.82. The number of nitrogens with zero attached hydrogens (tertiary/aromatic N) is 1. The number of carbonyl (C=O) groups is 2. The average molecular weight is 400 g/mol. The first kappa shape index (κ1) is 20.4. The fraction of sp³-hybridized carbons (Fsp3) is 0.467. The molecule has 0 aliphatic rings. The average Bonchev–Trinajstić information content (AvgIpc) is 2.54. The van der Waals surface area contributed by atoms with E-state index in [0.717, 1.165) is 5.56 Å². The third-order valence-electron chi connectivity index (χ3n) is 3.12. The lowest BCUT2D eigenvalue weighted by atomic mass is 10.0. The summed E-state index contributed by atoms with van der Waals surface area (Å²) in [6.45, 7) is 0.693. The number of halogens is 4. The van der Waals surface area contributed by atoms with E-state index >= 15 is 0 Å². The van der Waals surface area contributed by atoms with Crippen LogP contribution in [0.25, 0.3) is 0 Å². The minimum Gasteiger partial charge on any atom is -0.342 e. The molecule has 0 unspecified atom stereocenters. The summed E-state index contributed by atoms with van der Waals surface area (Å²) in [6.07, 6.45) is 0.326. The van der Waals surface area contributed by atoms with Gasteiger partial charge in [0.1, 0.15) is 6.04 Å². The summed E-state index contributed by atoms with van der Waals surface area (Å²) >= 11 is 22.6. The Balaban J connectivity index is 2.91. The Morgan fingerprint density at radius 1 is 1.04 bits per heavy atom. The summed E-state index contributed by atoms with van der Waals surface area (Å²) in [5.41, 5.74) is 0.906. The number of alkyl halides is 4. The lowest BCUT2D eigenvalue weighted by Crippen LogP contribution is -2.51. The largest absolute Gasteiger partial charge is 0.342 e. The van der Waals surface area contributed by atoms with Crippen LogP contribution in [-0.2, 0) is 16.0 Å². The zero-order valence-electron chi connectivity index (χ0n) is 12.4. The van der Waals surface area contributed by atoms with E-state index in [0.29, 0.717) is 19.5 Å². The molecule has 1 N–H and O–H groups in total. The minimum atomic E-state index is -1.24. The van der Waals surface area contributed by atoms with Gasteiger partial charge in [-0.3, -0.25) is 9.59 Å². The smallest absolute Gasteiger partial charge is 0.253 e. The summed E-state index contributed by atoms with van der Waals surface area (Å²) in [5, 5.41) is 2.58. The molecule has 2 amide bonds. The van der Waals surface area contributed by atoms with E-state index in [1.54, 1.807) is 0 Å². The van der Waals surface area contributed by atoms with Gasteiger partial charge in [-0.2, -0.15) is 0 Å². The summed E-state index contributed by atoms with van der Waals surface area (Å²) < 4.78 is 0. The van der Waals surface area contributed by atoms with Gasteiger partial charge in [0.2, 0.25) is 5.91 Å². The van der Waals surface area contributed by atoms with E-state index < -0.39 is 16.8 Å². The highest BCUT2D eigenvalue weighted by Crippen LogP contribution is 2.09. The molecule has 1 atom stereocenters. The monoisotopic (exact) mass is 398 g/mol. The minimum absolute atomic E-state index is 0.266. The van der Waals surface area contributed by atoms with Crippen molar-refractivity contribution in [3.05, 3.63) is 35.9 Å². The van der Waals surface area contributed by atoms with Gasteiger partial charge in [0.15, 0.2) is 4.84 Å². The Labute approximate surface area is 156 Å². The predicted molar refractivity (Wildman–Crippen MR) is 95.6 cm³/mol. The molecular weight excluding hydrogens is 382 g/mol. The topological polar surface area (TPSA) is 49.4 Å². The second-order valence-electron chi connectivity index (χ2n) is 4.75. The number of hydrogen-bond donors (Lipinski definition) is 1. The van der Waals surface area contributed by atoms with Crippen molar-refractivity contribution in [2.45, 2.75) is 17.3 Å². The third-order valence-corrected chi connectivity index (χ3v) is 3.85. The van der Waals surface area contributed by atoms with Gasteiger partial charge < -0.3 is 10.2 Å². The molecule has 0 spiro atoms. The SMILES string of the molecule is O=C(N[C@H](Cc1ccccc1)C(=O)N(CCCl)CCCl)C(Cl)Cl. The van der Waals surface area contributed by atoms with Crippen LogP contribution in [0.1, 0.15) is 5.56 Å². The molecule has 1 rings (SSSR count). The summed E-state index contributed by atoms with van der Waals surface area (Å²) in [6, 6.07) is 8.56. The summed E-state index contributed by atoms with van der Waals surface area (Å²) in [5.74, 6) is -0.318. The van der Waals surface area contributed by atoms with Crippen molar-refractivity contribution in [1.82, 2.24) is 10.2 Å². The number of carbonyl (C=O) groups excluding carboxylic acids is 2. The maximum Gasteiger partial charge on any atom is 0.253 e. The van der Waals surface area contributed by atoms with E-state index in [-0.39, 0.29) is 17.7 Å². The normalized spacial score (nSPS) is 12.0. The molecule has 23 heavy (non-hydrogen) atoms. The molecule has 0 heterocycles. The molecule has 0 aromatic heterocycles. The fourth-order valence-electron chi connectivity index (χ4n) is 2.04. The van der Waals surface area contributed by atoms with Gasteiger partial charge >= 0.3 is 0 Å². The Bertz CT molecular complexity index is 494.